The first-order valence-electron chi connectivity index (χ1n) is 5.07. The Labute approximate surface area is 80.6 Å². The Morgan fingerprint density at radius 2 is 1.46 bits per heavy atom. The molecular weight excluding hydrogens is 166 g/mol. The molecule has 2 fully saturated rings. The smallest absolute Gasteiger partial charge is 0.0591 e. The summed E-state index contributed by atoms with van der Waals surface area (Å²) in [4.78, 5) is 2.33. The lowest BCUT2D eigenvalue weighted by Crippen LogP contribution is -2.40. The Morgan fingerprint density at radius 1 is 0.923 bits per heavy atom. The summed E-state index contributed by atoms with van der Waals surface area (Å²) in [6.07, 6.45) is 0. The number of hydrogen-bond acceptors (Lipinski definition) is 4. The summed E-state index contributed by atoms with van der Waals surface area (Å²) >= 11 is 0. The summed E-state index contributed by atoms with van der Waals surface area (Å²) in [5.74, 6) is 0. The molecule has 2 heterocycles. The summed E-state index contributed by atoms with van der Waals surface area (Å²) in [7, 11) is 2.15. The molecule has 13 heavy (non-hydrogen) atoms. The molecule has 4 heteroatoms. The van der Waals surface area contributed by atoms with Crippen LogP contribution in [0.2, 0.25) is 0 Å². The van der Waals surface area contributed by atoms with E-state index < -0.39 is 0 Å². The van der Waals surface area contributed by atoms with Crippen LogP contribution in [0.4, 0.5) is 0 Å². The second kappa shape index (κ2) is 7.26. The maximum atomic E-state index is 5.01. The maximum absolute atomic E-state index is 5.01. The number of morpholine rings is 1. The molecule has 2 aliphatic heterocycles. The third-order valence-corrected chi connectivity index (χ3v) is 2.19. The monoisotopic (exact) mass is 187 g/mol. The molecule has 0 spiro atoms. The highest BCUT2D eigenvalue weighted by Gasteiger charge is 2.01. The Morgan fingerprint density at radius 3 is 1.69 bits per heavy atom. The van der Waals surface area contributed by atoms with Crippen molar-refractivity contribution in [1.82, 2.24) is 15.5 Å². The van der Waals surface area contributed by atoms with Crippen molar-refractivity contribution in [3.05, 3.63) is 0 Å². The Bertz CT molecular complexity index is 99.9. The van der Waals surface area contributed by atoms with E-state index in [4.69, 9.17) is 4.74 Å². The third-order valence-electron chi connectivity index (χ3n) is 2.19. The number of hydrogen-bond donors (Lipinski definition) is 2. The normalized spacial score (nSPS) is 24.7. The van der Waals surface area contributed by atoms with Crippen LogP contribution in [0.5, 0.6) is 0 Å². The molecule has 2 saturated heterocycles. The summed E-state index contributed by atoms with van der Waals surface area (Å²) in [6, 6.07) is 0. The molecule has 0 amide bonds. The van der Waals surface area contributed by atoms with Gasteiger partial charge in [-0.3, -0.25) is 0 Å². The number of likely N-dealkylation sites (N-methyl/N-ethyl adjacent to an activating group) is 1. The van der Waals surface area contributed by atoms with Gasteiger partial charge < -0.3 is 20.3 Å². The highest BCUT2D eigenvalue weighted by Crippen LogP contribution is 1.83. The van der Waals surface area contributed by atoms with E-state index in [0.29, 0.717) is 0 Å². The maximum Gasteiger partial charge on any atom is 0.0591 e. The van der Waals surface area contributed by atoms with Crippen molar-refractivity contribution in [1.29, 1.82) is 0 Å². The van der Waals surface area contributed by atoms with Crippen LogP contribution in [-0.4, -0.2) is 64.4 Å². The molecule has 78 valence electrons. The van der Waals surface area contributed by atoms with Gasteiger partial charge in [-0.15, -0.1) is 0 Å². The second-order valence-electron chi connectivity index (χ2n) is 3.42. The molecule has 0 aromatic rings. The topological polar surface area (TPSA) is 36.5 Å². The van der Waals surface area contributed by atoms with Crippen LogP contribution < -0.4 is 10.6 Å². The number of piperazine rings is 1. The Hall–Kier alpha value is -0.160. The molecule has 2 aliphatic rings. The minimum Gasteiger partial charge on any atom is -0.379 e. The first kappa shape index (κ1) is 10.9. The Balaban J connectivity index is 0.000000132. The minimum absolute atomic E-state index is 0.889. The van der Waals surface area contributed by atoms with Crippen molar-refractivity contribution < 1.29 is 4.74 Å². The first-order chi connectivity index (χ1) is 6.39. The van der Waals surface area contributed by atoms with E-state index in [0.717, 1.165) is 39.4 Å². The summed E-state index contributed by atoms with van der Waals surface area (Å²) in [6.45, 7) is 8.58. The van der Waals surface area contributed by atoms with Crippen LogP contribution >= 0.6 is 0 Å². The molecule has 0 unspecified atom stereocenters. The van der Waals surface area contributed by atoms with E-state index in [1.807, 2.05) is 0 Å². The van der Waals surface area contributed by atoms with Gasteiger partial charge in [0.1, 0.15) is 0 Å². The van der Waals surface area contributed by atoms with E-state index in [1.165, 1.54) is 13.1 Å². The SMILES string of the molecule is C1COCCN1.CN1CCNCC1. The van der Waals surface area contributed by atoms with Crippen molar-refractivity contribution in [2.24, 2.45) is 0 Å². The molecule has 0 aromatic carbocycles. The van der Waals surface area contributed by atoms with Crippen molar-refractivity contribution in [2.45, 2.75) is 0 Å². The minimum atomic E-state index is 0.889. The summed E-state index contributed by atoms with van der Waals surface area (Å²) < 4.78 is 5.01. The van der Waals surface area contributed by atoms with E-state index in [2.05, 4.69) is 22.6 Å². The van der Waals surface area contributed by atoms with Crippen molar-refractivity contribution >= 4 is 0 Å². The van der Waals surface area contributed by atoms with Gasteiger partial charge in [-0.25, -0.2) is 0 Å². The first-order valence-corrected chi connectivity index (χ1v) is 5.07. The number of nitrogens with one attached hydrogen (secondary N) is 2. The van der Waals surface area contributed by atoms with E-state index in [1.54, 1.807) is 0 Å². The highest BCUT2D eigenvalue weighted by molar-refractivity contribution is 4.62. The van der Waals surface area contributed by atoms with Gasteiger partial charge in [0.2, 0.25) is 0 Å². The molecule has 0 radical (unpaired) electrons. The predicted octanol–water partition coefficient (Wildman–Crippen LogP) is -0.872. The second-order valence-corrected chi connectivity index (χ2v) is 3.42. The van der Waals surface area contributed by atoms with Gasteiger partial charge in [-0.05, 0) is 7.05 Å². The lowest BCUT2D eigenvalue weighted by atomic mass is 10.4. The van der Waals surface area contributed by atoms with Gasteiger partial charge >= 0.3 is 0 Å². The van der Waals surface area contributed by atoms with Crippen LogP contribution in [-0.2, 0) is 4.74 Å². The van der Waals surface area contributed by atoms with E-state index in [-0.39, 0.29) is 0 Å². The van der Waals surface area contributed by atoms with Crippen molar-refractivity contribution in [2.75, 3.05) is 59.5 Å². The highest BCUT2D eigenvalue weighted by atomic mass is 16.5. The van der Waals surface area contributed by atoms with Gasteiger partial charge in [-0.1, -0.05) is 0 Å². The van der Waals surface area contributed by atoms with Gasteiger partial charge in [0.25, 0.3) is 0 Å². The van der Waals surface area contributed by atoms with Gasteiger partial charge in [-0.2, -0.15) is 0 Å². The standard InChI is InChI=1S/C5H12N2.C4H9NO/c1-7-4-2-6-3-5-7;1-3-6-4-2-5-1/h6H,2-5H2,1H3;5H,1-4H2. The molecular formula is C9H21N3O. The molecule has 0 bridgehead atoms. The fourth-order valence-electron chi connectivity index (χ4n) is 1.29. The predicted molar refractivity (Wildman–Crippen MR) is 54.1 cm³/mol. The van der Waals surface area contributed by atoms with Crippen molar-refractivity contribution in [3.8, 4) is 0 Å². The molecule has 0 aliphatic carbocycles. The van der Waals surface area contributed by atoms with Gasteiger partial charge in [0.15, 0.2) is 0 Å². The number of nitrogens with zero attached hydrogens (tertiary/aromatic N) is 1. The zero-order chi connectivity index (χ0) is 9.36. The molecule has 4 nitrogen and oxygen atoms in total. The van der Waals surface area contributed by atoms with Crippen LogP contribution in [0.3, 0.4) is 0 Å². The van der Waals surface area contributed by atoms with Gasteiger partial charge in [0, 0.05) is 39.3 Å². The van der Waals surface area contributed by atoms with E-state index in [9.17, 15) is 0 Å². The molecule has 0 aromatic heterocycles. The quantitative estimate of drug-likeness (QED) is 0.517. The summed E-state index contributed by atoms with van der Waals surface area (Å²) in [5, 5.41) is 6.43. The van der Waals surface area contributed by atoms with Crippen LogP contribution in [0, 0.1) is 0 Å². The lowest BCUT2D eigenvalue weighted by molar-refractivity contribution is 0.109. The van der Waals surface area contributed by atoms with Crippen LogP contribution in [0.1, 0.15) is 0 Å². The fourth-order valence-corrected chi connectivity index (χ4v) is 1.29. The summed E-state index contributed by atoms with van der Waals surface area (Å²) in [5.41, 5.74) is 0. The zero-order valence-corrected chi connectivity index (χ0v) is 8.51. The zero-order valence-electron chi connectivity index (χ0n) is 8.51. The largest absolute Gasteiger partial charge is 0.379 e. The van der Waals surface area contributed by atoms with Crippen molar-refractivity contribution in [3.63, 3.8) is 0 Å². The molecule has 0 saturated carbocycles. The molecule has 2 N–H and O–H groups in total. The average Bonchev–Trinajstić information content (AvgIpc) is 2.22. The average molecular weight is 187 g/mol. The van der Waals surface area contributed by atoms with Crippen LogP contribution in [0.15, 0.2) is 0 Å². The van der Waals surface area contributed by atoms with Crippen LogP contribution in [0.25, 0.3) is 0 Å². The molecule has 2 rings (SSSR count). The fraction of sp³-hybridized carbons (Fsp3) is 1.00. The lowest BCUT2D eigenvalue weighted by Gasteiger charge is -2.21. The van der Waals surface area contributed by atoms with E-state index >= 15 is 0 Å². The number of ether oxygens (including phenoxy) is 1. The molecule has 0 atom stereocenters. The Kier molecular flexibility index (Phi) is 6.10. The third kappa shape index (κ3) is 5.99. The van der Waals surface area contributed by atoms with Gasteiger partial charge in [0.05, 0.1) is 13.2 Å². The number of rotatable bonds is 0.